The van der Waals surface area contributed by atoms with Crippen molar-refractivity contribution < 1.29 is 14.4 Å². The molecule has 1 aliphatic carbocycles. The average molecular weight is 418 g/mol. The molecule has 7 nitrogen and oxygen atoms in total. The van der Waals surface area contributed by atoms with Crippen molar-refractivity contribution in [1.29, 1.82) is 5.26 Å². The summed E-state index contributed by atoms with van der Waals surface area (Å²) in [5.74, 6) is 1.43. The van der Waals surface area contributed by atoms with Gasteiger partial charge >= 0.3 is 0 Å². The summed E-state index contributed by atoms with van der Waals surface area (Å²) >= 11 is 0. The zero-order valence-electron chi connectivity index (χ0n) is 17.9. The molecule has 2 aromatic carbocycles. The molecule has 4 rings (SSSR count). The highest BCUT2D eigenvalue weighted by Gasteiger charge is 2.27. The van der Waals surface area contributed by atoms with Gasteiger partial charge in [0.05, 0.1) is 18.3 Å². The standard InChI is InChI=1S/C24H26N4O3/c1-14(2)30-22-10-7-16(11-17(22)12-25)24-27-23(28-31-24)20-6-4-5-19-18(20)8-9-21(19)26-15(3)13-29/h4-7,10-11,14-15,21,26,29H,8-9,13H2,1-3H3/t15-,21+/m1/s1. The highest BCUT2D eigenvalue weighted by molar-refractivity contribution is 5.67. The number of nitrogens with one attached hydrogen (secondary N) is 1. The van der Waals surface area contributed by atoms with Gasteiger partial charge in [0.2, 0.25) is 5.82 Å². The van der Waals surface area contributed by atoms with Crippen LogP contribution in [0, 0.1) is 11.3 Å². The van der Waals surface area contributed by atoms with Crippen molar-refractivity contribution in [2.24, 2.45) is 0 Å². The minimum Gasteiger partial charge on any atom is -0.490 e. The summed E-state index contributed by atoms with van der Waals surface area (Å²) in [5.41, 5.74) is 4.48. The fourth-order valence-electron chi connectivity index (χ4n) is 3.99. The van der Waals surface area contributed by atoms with Gasteiger partial charge in [0.15, 0.2) is 0 Å². The van der Waals surface area contributed by atoms with E-state index in [-0.39, 0.29) is 24.8 Å². The van der Waals surface area contributed by atoms with Gasteiger partial charge in [-0.25, -0.2) is 0 Å². The summed E-state index contributed by atoms with van der Waals surface area (Å²) in [5, 5.41) is 26.5. The second-order valence-corrected chi connectivity index (χ2v) is 8.13. The van der Waals surface area contributed by atoms with E-state index in [1.807, 2.05) is 39.0 Å². The van der Waals surface area contributed by atoms with Gasteiger partial charge in [-0.2, -0.15) is 10.2 Å². The van der Waals surface area contributed by atoms with Crippen molar-refractivity contribution in [2.45, 2.75) is 51.8 Å². The lowest BCUT2D eigenvalue weighted by atomic mass is 10.0. The van der Waals surface area contributed by atoms with Crippen molar-refractivity contribution in [3.8, 4) is 34.7 Å². The van der Waals surface area contributed by atoms with Crippen LogP contribution in [0.4, 0.5) is 0 Å². The fourth-order valence-corrected chi connectivity index (χ4v) is 3.99. The lowest BCUT2D eigenvalue weighted by molar-refractivity contribution is 0.240. The number of nitriles is 1. The van der Waals surface area contributed by atoms with Crippen LogP contribution in [0.3, 0.4) is 0 Å². The van der Waals surface area contributed by atoms with Gasteiger partial charge < -0.3 is 19.7 Å². The van der Waals surface area contributed by atoms with Crippen molar-refractivity contribution in [3.63, 3.8) is 0 Å². The van der Waals surface area contributed by atoms with Crippen LogP contribution in [-0.4, -0.2) is 34.0 Å². The molecule has 0 amide bonds. The third kappa shape index (κ3) is 4.31. The maximum Gasteiger partial charge on any atom is 0.258 e. The van der Waals surface area contributed by atoms with Gasteiger partial charge in [0.25, 0.3) is 5.89 Å². The molecule has 0 saturated carbocycles. The predicted octanol–water partition coefficient (Wildman–Crippen LogP) is 4.02. The van der Waals surface area contributed by atoms with Crippen LogP contribution in [0.5, 0.6) is 5.75 Å². The van der Waals surface area contributed by atoms with Gasteiger partial charge in [-0.1, -0.05) is 23.4 Å². The number of nitrogens with zero attached hydrogens (tertiary/aromatic N) is 3. The molecule has 160 valence electrons. The number of rotatable bonds is 7. The Labute approximate surface area is 181 Å². The summed E-state index contributed by atoms with van der Waals surface area (Å²) < 4.78 is 11.2. The Morgan fingerprint density at radius 3 is 2.87 bits per heavy atom. The highest BCUT2D eigenvalue weighted by Crippen LogP contribution is 2.37. The first kappa shape index (κ1) is 21.0. The molecule has 3 aromatic rings. The minimum absolute atomic E-state index is 0.0215. The second kappa shape index (κ2) is 8.88. The van der Waals surface area contributed by atoms with E-state index in [4.69, 9.17) is 9.26 Å². The first-order valence-corrected chi connectivity index (χ1v) is 10.5. The lowest BCUT2D eigenvalue weighted by Crippen LogP contribution is -2.32. The van der Waals surface area contributed by atoms with Crippen LogP contribution < -0.4 is 10.1 Å². The maximum absolute atomic E-state index is 9.48. The summed E-state index contributed by atoms with van der Waals surface area (Å²) in [6, 6.07) is 13.8. The topological polar surface area (TPSA) is 104 Å². The molecular formula is C24H26N4O3. The summed E-state index contributed by atoms with van der Waals surface area (Å²) in [6.07, 6.45) is 1.85. The molecule has 2 N–H and O–H groups in total. The minimum atomic E-state index is -0.0215. The third-order valence-corrected chi connectivity index (χ3v) is 5.41. The molecule has 0 saturated heterocycles. The van der Waals surface area contributed by atoms with E-state index in [0.717, 1.165) is 18.4 Å². The molecule has 1 aromatic heterocycles. The van der Waals surface area contributed by atoms with Gasteiger partial charge in [0, 0.05) is 23.2 Å². The van der Waals surface area contributed by atoms with Crippen LogP contribution in [0.15, 0.2) is 40.9 Å². The second-order valence-electron chi connectivity index (χ2n) is 8.13. The number of fused-ring (bicyclic) bond motifs is 1. The molecule has 1 aliphatic rings. The van der Waals surface area contributed by atoms with Gasteiger partial charge in [-0.3, -0.25) is 0 Å². The number of benzene rings is 2. The molecule has 7 heteroatoms. The van der Waals surface area contributed by atoms with Gasteiger partial charge in [-0.05, 0) is 62.9 Å². The Balaban J connectivity index is 1.63. The number of aliphatic hydroxyl groups excluding tert-OH is 1. The number of aromatic nitrogens is 2. The number of ether oxygens (including phenoxy) is 1. The highest BCUT2D eigenvalue weighted by atomic mass is 16.5. The first-order chi connectivity index (χ1) is 15.0. The molecule has 2 atom stereocenters. The maximum atomic E-state index is 9.48. The van der Waals surface area contributed by atoms with E-state index >= 15 is 0 Å². The Kier molecular flexibility index (Phi) is 6.03. The zero-order valence-corrected chi connectivity index (χ0v) is 17.9. The van der Waals surface area contributed by atoms with Crippen LogP contribution in [0.1, 0.15) is 49.9 Å². The smallest absolute Gasteiger partial charge is 0.258 e. The average Bonchev–Trinajstić information content (AvgIpc) is 3.41. The van der Waals surface area contributed by atoms with Crippen molar-refractivity contribution in [3.05, 3.63) is 53.1 Å². The summed E-state index contributed by atoms with van der Waals surface area (Å²) in [7, 11) is 0. The van der Waals surface area contributed by atoms with E-state index in [0.29, 0.717) is 28.6 Å². The van der Waals surface area contributed by atoms with Gasteiger partial charge in [0.1, 0.15) is 11.8 Å². The largest absolute Gasteiger partial charge is 0.490 e. The number of aliphatic hydroxyl groups is 1. The normalized spacial score (nSPS) is 16.2. The molecule has 0 spiro atoms. The molecule has 1 heterocycles. The Bertz CT molecular complexity index is 1120. The monoisotopic (exact) mass is 418 g/mol. The molecule has 0 bridgehead atoms. The van der Waals surface area contributed by atoms with Crippen molar-refractivity contribution >= 4 is 0 Å². The van der Waals surface area contributed by atoms with Crippen molar-refractivity contribution in [2.75, 3.05) is 6.61 Å². The lowest BCUT2D eigenvalue weighted by Gasteiger charge is -2.18. The van der Waals surface area contributed by atoms with Gasteiger partial charge in [-0.15, -0.1) is 0 Å². The summed E-state index contributed by atoms with van der Waals surface area (Å²) in [4.78, 5) is 4.61. The fraction of sp³-hybridized carbons (Fsp3) is 0.375. The predicted molar refractivity (Wildman–Crippen MR) is 116 cm³/mol. The Morgan fingerprint density at radius 2 is 2.13 bits per heavy atom. The Hall–Kier alpha value is -3.21. The van der Waals surface area contributed by atoms with E-state index in [2.05, 4.69) is 27.6 Å². The van der Waals surface area contributed by atoms with Crippen LogP contribution >= 0.6 is 0 Å². The van der Waals surface area contributed by atoms with Crippen LogP contribution in [-0.2, 0) is 6.42 Å². The number of hydrogen-bond donors (Lipinski definition) is 2. The molecule has 0 radical (unpaired) electrons. The van der Waals surface area contributed by atoms with Crippen LogP contribution in [0.25, 0.3) is 22.8 Å². The summed E-state index contributed by atoms with van der Waals surface area (Å²) in [6.45, 7) is 5.91. The van der Waals surface area contributed by atoms with Crippen LogP contribution in [0.2, 0.25) is 0 Å². The quantitative estimate of drug-likeness (QED) is 0.597. The Morgan fingerprint density at radius 1 is 1.29 bits per heavy atom. The van der Waals surface area contributed by atoms with E-state index < -0.39 is 0 Å². The molecule has 0 unspecified atom stereocenters. The SMILES string of the molecule is CC(C)Oc1ccc(-c2nc(-c3cccc4c3CC[C@@H]4N[C@H](C)CO)no2)cc1C#N. The molecule has 0 aliphatic heterocycles. The first-order valence-electron chi connectivity index (χ1n) is 10.5. The van der Waals surface area contributed by atoms with E-state index in [1.165, 1.54) is 11.1 Å². The van der Waals surface area contributed by atoms with E-state index in [1.54, 1.807) is 12.1 Å². The number of hydrogen-bond acceptors (Lipinski definition) is 7. The molecule has 0 fully saturated rings. The zero-order chi connectivity index (χ0) is 22.0. The molecule has 31 heavy (non-hydrogen) atoms. The van der Waals surface area contributed by atoms with E-state index in [9.17, 15) is 10.4 Å². The van der Waals surface area contributed by atoms with Crippen molar-refractivity contribution in [1.82, 2.24) is 15.5 Å². The molecular weight excluding hydrogens is 392 g/mol. The third-order valence-electron chi connectivity index (χ3n) is 5.41.